The van der Waals surface area contributed by atoms with E-state index in [4.69, 9.17) is 14.2 Å². The second-order valence-corrected chi connectivity index (χ2v) is 6.85. The van der Waals surface area contributed by atoms with Crippen LogP contribution in [-0.2, 0) is 16.1 Å². The molecule has 9 heteroatoms. The molecule has 0 saturated carbocycles. The maximum absolute atomic E-state index is 13.7. The van der Waals surface area contributed by atoms with Gasteiger partial charge in [-0.2, -0.15) is 4.99 Å². The van der Waals surface area contributed by atoms with E-state index in [2.05, 4.69) is 4.99 Å². The third-order valence-corrected chi connectivity index (χ3v) is 5.12. The molecule has 0 aliphatic heterocycles. The summed E-state index contributed by atoms with van der Waals surface area (Å²) in [4.78, 5) is 29.4. The molecular formula is C20H19FN2O5S. The molecule has 0 spiro atoms. The number of esters is 1. The fraction of sp³-hybridized carbons (Fsp3) is 0.250. The van der Waals surface area contributed by atoms with Crippen molar-refractivity contribution in [2.45, 2.75) is 13.5 Å². The third-order valence-electron chi connectivity index (χ3n) is 4.08. The first-order valence-electron chi connectivity index (χ1n) is 8.73. The molecule has 0 fully saturated rings. The fourth-order valence-corrected chi connectivity index (χ4v) is 3.88. The Balaban J connectivity index is 2.17. The minimum absolute atomic E-state index is 0.156. The van der Waals surface area contributed by atoms with Gasteiger partial charge in [0.05, 0.1) is 31.0 Å². The Hall–Kier alpha value is -3.20. The number of carbonyl (C=O) groups is 2. The Morgan fingerprint density at radius 1 is 1.14 bits per heavy atom. The lowest BCUT2D eigenvalue weighted by atomic mass is 10.1. The Morgan fingerprint density at radius 3 is 2.45 bits per heavy atom. The summed E-state index contributed by atoms with van der Waals surface area (Å²) in [7, 11) is 2.88. The zero-order valence-corrected chi connectivity index (χ0v) is 16.9. The zero-order chi connectivity index (χ0) is 21.0. The van der Waals surface area contributed by atoms with Crippen LogP contribution in [0.2, 0.25) is 0 Å². The number of fused-ring (bicyclic) bond motifs is 1. The van der Waals surface area contributed by atoms with Gasteiger partial charge >= 0.3 is 5.97 Å². The highest BCUT2D eigenvalue weighted by Gasteiger charge is 2.19. The minimum Gasteiger partial charge on any atom is -0.496 e. The number of aromatic nitrogens is 1. The summed E-state index contributed by atoms with van der Waals surface area (Å²) in [5.41, 5.74) is 0.729. The van der Waals surface area contributed by atoms with Gasteiger partial charge in [0.1, 0.15) is 29.4 Å². The lowest BCUT2D eigenvalue weighted by Crippen LogP contribution is -2.23. The van der Waals surface area contributed by atoms with Gasteiger partial charge in [-0.25, -0.2) is 4.39 Å². The summed E-state index contributed by atoms with van der Waals surface area (Å²) in [5.74, 6) is -0.903. The number of rotatable bonds is 6. The van der Waals surface area contributed by atoms with E-state index >= 15 is 0 Å². The monoisotopic (exact) mass is 418 g/mol. The third kappa shape index (κ3) is 4.29. The molecule has 0 unspecified atom stereocenters. The van der Waals surface area contributed by atoms with Crippen molar-refractivity contribution in [1.82, 2.24) is 4.57 Å². The van der Waals surface area contributed by atoms with E-state index < -0.39 is 17.7 Å². The number of nitrogens with zero attached hydrogens (tertiary/aromatic N) is 2. The van der Waals surface area contributed by atoms with Gasteiger partial charge in [0.2, 0.25) is 0 Å². The Morgan fingerprint density at radius 2 is 1.83 bits per heavy atom. The van der Waals surface area contributed by atoms with Crippen molar-refractivity contribution in [1.29, 1.82) is 0 Å². The Kier molecular flexibility index (Phi) is 6.28. The van der Waals surface area contributed by atoms with Crippen LogP contribution >= 0.6 is 11.3 Å². The number of amides is 1. The van der Waals surface area contributed by atoms with E-state index in [1.165, 1.54) is 37.0 Å². The van der Waals surface area contributed by atoms with Gasteiger partial charge < -0.3 is 18.8 Å². The average Bonchev–Trinajstić information content (AvgIpc) is 3.03. The molecule has 152 valence electrons. The van der Waals surface area contributed by atoms with Crippen molar-refractivity contribution in [3.8, 4) is 11.5 Å². The SMILES string of the molecule is CCOC(=O)Cn1c(=NC(=O)c2c(OC)cccc2OC)sc2cc(F)ccc21. The smallest absolute Gasteiger partial charge is 0.326 e. The van der Waals surface area contributed by atoms with E-state index in [-0.39, 0.29) is 23.5 Å². The van der Waals surface area contributed by atoms with Gasteiger partial charge in [-0.3, -0.25) is 9.59 Å². The summed E-state index contributed by atoms with van der Waals surface area (Å²) in [6.45, 7) is 1.76. The fourth-order valence-electron chi connectivity index (χ4n) is 2.83. The molecule has 1 heterocycles. The van der Waals surface area contributed by atoms with E-state index in [0.29, 0.717) is 21.7 Å². The summed E-state index contributed by atoms with van der Waals surface area (Å²) in [6.07, 6.45) is 0. The molecule has 0 saturated heterocycles. The van der Waals surface area contributed by atoms with E-state index in [0.717, 1.165) is 11.3 Å². The number of methoxy groups -OCH3 is 2. The molecule has 1 aromatic heterocycles. The molecule has 0 N–H and O–H groups in total. The van der Waals surface area contributed by atoms with E-state index in [9.17, 15) is 14.0 Å². The minimum atomic E-state index is -0.607. The number of hydrogen-bond acceptors (Lipinski definition) is 6. The quantitative estimate of drug-likeness (QED) is 0.575. The van der Waals surface area contributed by atoms with Crippen LogP contribution < -0.4 is 14.3 Å². The van der Waals surface area contributed by atoms with Gasteiger partial charge in [-0.1, -0.05) is 17.4 Å². The number of thiazole rings is 1. The van der Waals surface area contributed by atoms with Crippen molar-refractivity contribution in [2.24, 2.45) is 4.99 Å². The van der Waals surface area contributed by atoms with Gasteiger partial charge in [-0.05, 0) is 37.3 Å². The lowest BCUT2D eigenvalue weighted by Gasteiger charge is -2.10. The molecule has 3 aromatic rings. The first-order chi connectivity index (χ1) is 14.0. The second-order valence-electron chi connectivity index (χ2n) is 5.84. The number of carbonyl (C=O) groups excluding carboxylic acids is 2. The van der Waals surface area contributed by atoms with Crippen LogP contribution in [0, 0.1) is 5.82 Å². The average molecular weight is 418 g/mol. The normalized spacial score (nSPS) is 11.5. The van der Waals surface area contributed by atoms with E-state index in [1.807, 2.05) is 0 Å². The highest BCUT2D eigenvalue weighted by molar-refractivity contribution is 7.16. The van der Waals surface area contributed by atoms with Gasteiger partial charge in [-0.15, -0.1) is 0 Å². The lowest BCUT2D eigenvalue weighted by molar-refractivity contribution is -0.143. The van der Waals surface area contributed by atoms with Gasteiger partial charge in [0, 0.05) is 0 Å². The standard InChI is InChI=1S/C20H19FN2O5S/c1-4-28-17(24)11-23-13-9-8-12(21)10-16(13)29-20(23)22-19(25)18-14(26-2)6-5-7-15(18)27-3/h5-10H,4,11H2,1-3H3. The predicted octanol–water partition coefficient (Wildman–Crippen LogP) is 3.16. The topological polar surface area (TPSA) is 79.1 Å². The molecule has 3 rings (SSSR count). The highest BCUT2D eigenvalue weighted by Crippen LogP contribution is 2.29. The first kappa shape index (κ1) is 20.5. The number of ether oxygens (including phenoxy) is 3. The molecule has 2 aromatic carbocycles. The van der Waals surface area contributed by atoms with Crippen molar-refractivity contribution >= 4 is 33.4 Å². The molecule has 0 aliphatic rings. The number of benzene rings is 2. The van der Waals surface area contributed by atoms with Crippen LogP contribution in [0.3, 0.4) is 0 Å². The highest BCUT2D eigenvalue weighted by atomic mass is 32.1. The molecule has 29 heavy (non-hydrogen) atoms. The zero-order valence-electron chi connectivity index (χ0n) is 16.1. The maximum Gasteiger partial charge on any atom is 0.326 e. The Bertz CT molecular complexity index is 1110. The second kappa shape index (κ2) is 8.87. The van der Waals surface area contributed by atoms with Crippen LogP contribution in [0.4, 0.5) is 4.39 Å². The van der Waals surface area contributed by atoms with Crippen molar-refractivity contribution < 1.29 is 28.2 Å². The summed E-state index contributed by atoms with van der Waals surface area (Å²) >= 11 is 1.09. The summed E-state index contributed by atoms with van der Waals surface area (Å²) in [5, 5.41) is 0. The largest absolute Gasteiger partial charge is 0.496 e. The predicted molar refractivity (Wildman–Crippen MR) is 106 cm³/mol. The molecule has 0 bridgehead atoms. The van der Waals surface area contributed by atoms with E-state index in [1.54, 1.807) is 25.1 Å². The molecule has 1 amide bonds. The summed E-state index contributed by atoms with van der Waals surface area (Å²) in [6, 6.07) is 9.09. The first-order valence-corrected chi connectivity index (χ1v) is 9.54. The van der Waals surface area contributed by atoms with Crippen molar-refractivity contribution in [2.75, 3.05) is 20.8 Å². The molecule has 0 aliphatic carbocycles. The van der Waals surface area contributed by atoms with Crippen molar-refractivity contribution in [3.63, 3.8) is 0 Å². The van der Waals surface area contributed by atoms with Gasteiger partial charge in [0.25, 0.3) is 5.91 Å². The van der Waals surface area contributed by atoms with Crippen LogP contribution in [-0.4, -0.2) is 37.3 Å². The van der Waals surface area contributed by atoms with Crippen LogP contribution in [0.25, 0.3) is 10.2 Å². The number of hydrogen-bond donors (Lipinski definition) is 0. The van der Waals surface area contributed by atoms with Crippen LogP contribution in [0.15, 0.2) is 41.4 Å². The van der Waals surface area contributed by atoms with Crippen LogP contribution in [0.5, 0.6) is 11.5 Å². The molecule has 0 atom stereocenters. The Labute approximate surface area is 170 Å². The summed E-state index contributed by atoms with van der Waals surface area (Å²) < 4.78 is 31.3. The van der Waals surface area contributed by atoms with Crippen LogP contribution in [0.1, 0.15) is 17.3 Å². The van der Waals surface area contributed by atoms with Gasteiger partial charge in [0.15, 0.2) is 4.80 Å². The molecule has 7 nitrogen and oxygen atoms in total. The molecule has 0 radical (unpaired) electrons. The van der Waals surface area contributed by atoms with Crippen molar-refractivity contribution in [3.05, 3.63) is 52.6 Å². The molecular weight excluding hydrogens is 399 g/mol. The maximum atomic E-state index is 13.7. The number of halogens is 1.